The molecule has 3 heteroatoms. The molecule has 0 unspecified atom stereocenters. The average Bonchev–Trinajstić information content (AvgIpc) is 2.55. The number of nitrogens with zero attached hydrogens (tertiary/aromatic N) is 1. The molecule has 0 atom stereocenters. The lowest BCUT2D eigenvalue weighted by molar-refractivity contribution is 0.0961. The van der Waals surface area contributed by atoms with Crippen molar-refractivity contribution in [2.75, 3.05) is 18.8 Å². The fourth-order valence-electron chi connectivity index (χ4n) is 2.96. The highest BCUT2D eigenvalue weighted by Gasteiger charge is 2.17. The first kappa shape index (κ1) is 14.8. The Bertz CT molecular complexity index is 694. The summed E-state index contributed by atoms with van der Waals surface area (Å²) < 4.78 is 0. The normalized spacial score (nSPS) is 14.6. The molecule has 0 spiro atoms. The molecule has 1 heterocycles. The third-order valence-corrected chi connectivity index (χ3v) is 4.47. The zero-order valence-electron chi connectivity index (χ0n) is 13.0. The van der Waals surface area contributed by atoms with E-state index < -0.39 is 0 Å². The Hall–Kier alpha value is -2.13. The first-order valence-electron chi connectivity index (χ1n) is 7.82. The number of benzene rings is 2. The topological polar surface area (TPSA) is 46.3 Å². The van der Waals surface area contributed by atoms with E-state index in [1.54, 1.807) is 6.07 Å². The predicted octanol–water partition coefficient (Wildman–Crippen LogP) is 3.21. The van der Waals surface area contributed by atoms with E-state index in [-0.39, 0.29) is 5.78 Å². The van der Waals surface area contributed by atoms with Crippen molar-refractivity contribution < 1.29 is 4.79 Å². The van der Waals surface area contributed by atoms with E-state index in [1.165, 1.54) is 11.1 Å². The highest BCUT2D eigenvalue weighted by molar-refractivity contribution is 5.97. The second kappa shape index (κ2) is 6.32. The fourth-order valence-corrected chi connectivity index (χ4v) is 2.96. The average molecular weight is 294 g/mol. The summed E-state index contributed by atoms with van der Waals surface area (Å²) in [7, 11) is 0. The van der Waals surface area contributed by atoms with Gasteiger partial charge in [0.15, 0.2) is 5.78 Å². The number of carbonyl (C=O) groups excluding carboxylic acids is 1. The van der Waals surface area contributed by atoms with Crippen LogP contribution in [0.25, 0.3) is 0 Å². The molecule has 1 aliphatic rings. The summed E-state index contributed by atoms with van der Waals surface area (Å²) in [6.07, 6.45) is 1.62. The van der Waals surface area contributed by atoms with Gasteiger partial charge in [-0.05, 0) is 36.1 Å². The minimum atomic E-state index is 0.172. The first-order valence-corrected chi connectivity index (χ1v) is 7.82. The van der Waals surface area contributed by atoms with Gasteiger partial charge in [-0.3, -0.25) is 9.69 Å². The van der Waals surface area contributed by atoms with Gasteiger partial charge < -0.3 is 5.73 Å². The van der Waals surface area contributed by atoms with Gasteiger partial charge in [-0.1, -0.05) is 36.4 Å². The maximum atomic E-state index is 12.3. The molecule has 0 saturated heterocycles. The number of fused-ring (bicyclic) bond motifs is 1. The van der Waals surface area contributed by atoms with E-state index in [4.69, 9.17) is 5.73 Å². The number of hydrogen-bond donors (Lipinski definition) is 1. The van der Waals surface area contributed by atoms with Crippen molar-refractivity contribution in [2.45, 2.75) is 26.3 Å². The molecule has 0 aliphatic carbocycles. The van der Waals surface area contributed by atoms with Crippen LogP contribution in [0.15, 0.2) is 42.5 Å². The highest BCUT2D eigenvalue weighted by atomic mass is 16.1. The lowest BCUT2D eigenvalue weighted by atomic mass is 9.99. The second-order valence-corrected chi connectivity index (χ2v) is 6.04. The molecule has 0 fully saturated rings. The van der Waals surface area contributed by atoms with Crippen LogP contribution >= 0.6 is 0 Å². The van der Waals surface area contributed by atoms with Gasteiger partial charge in [0.1, 0.15) is 0 Å². The van der Waals surface area contributed by atoms with Gasteiger partial charge >= 0.3 is 0 Å². The Kier molecular flexibility index (Phi) is 4.25. The first-order chi connectivity index (χ1) is 10.6. The minimum absolute atomic E-state index is 0.172. The van der Waals surface area contributed by atoms with Crippen LogP contribution in [0.2, 0.25) is 0 Å². The molecule has 0 amide bonds. The van der Waals surface area contributed by atoms with Crippen molar-refractivity contribution in [1.29, 1.82) is 0 Å². The number of ketones is 1. The predicted molar refractivity (Wildman–Crippen MR) is 90.0 cm³/mol. The van der Waals surface area contributed by atoms with Gasteiger partial charge in [0, 0.05) is 37.3 Å². The number of carbonyl (C=O) groups is 1. The van der Waals surface area contributed by atoms with E-state index in [0.29, 0.717) is 12.1 Å². The van der Waals surface area contributed by atoms with E-state index in [1.807, 2.05) is 19.1 Å². The Morgan fingerprint density at radius 3 is 2.73 bits per heavy atom. The molecule has 114 valence electrons. The highest BCUT2D eigenvalue weighted by Crippen LogP contribution is 2.19. The summed E-state index contributed by atoms with van der Waals surface area (Å²) in [6.45, 7) is 4.73. The molecule has 2 aromatic rings. The number of Topliss-reactive ketones (excluding diaryl/α,β-unsaturated/α-hetero) is 1. The Labute approximate surface area is 131 Å². The SMILES string of the molecule is Cc1ccc(C(=O)CCN2CCc3ccccc3C2)cc1N. The van der Waals surface area contributed by atoms with Crippen LogP contribution in [0.4, 0.5) is 5.69 Å². The third-order valence-electron chi connectivity index (χ3n) is 4.47. The molecule has 22 heavy (non-hydrogen) atoms. The van der Waals surface area contributed by atoms with Gasteiger partial charge in [0.25, 0.3) is 0 Å². The molecule has 3 rings (SSSR count). The van der Waals surface area contributed by atoms with Gasteiger partial charge in [-0.2, -0.15) is 0 Å². The maximum absolute atomic E-state index is 12.3. The van der Waals surface area contributed by atoms with E-state index >= 15 is 0 Å². The summed E-state index contributed by atoms with van der Waals surface area (Å²) in [5.74, 6) is 0.172. The minimum Gasteiger partial charge on any atom is -0.398 e. The molecule has 0 aromatic heterocycles. The molecule has 0 saturated carbocycles. The quantitative estimate of drug-likeness (QED) is 0.696. The van der Waals surface area contributed by atoms with E-state index in [2.05, 4.69) is 29.2 Å². The largest absolute Gasteiger partial charge is 0.398 e. The van der Waals surface area contributed by atoms with Gasteiger partial charge in [0.05, 0.1) is 0 Å². The van der Waals surface area contributed by atoms with Crippen molar-refractivity contribution >= 4 is 11.5 Å². The van der Waals surface area contributed by atoms with Crippen LogP contribution in [-0.2, 0) is 13.0 Å². The summed E-state index contributed by atoms with van der Waals surface area (Å²) in [5.41, 5.74) is 11.2. The Balaban J connectivity index is 1.59. The van der Waals surface area contributed by atoms with Crippen molar-refractivity contribution in [3.8, 4) is 0 Å². The van der Waals surface area contributed by atoms with Crippen LogP contribution in [0.3, 0.4) is 0 Å². The smallest absolute Gasteiger partial charge is 0.164 e. The summed E-state index contributed by atoms with van der Waals surface area (Å²) in [4.78, 5) is 14.7. The summed E-state index contributed by atoms with van der Waals surface area (Å²) in [6, 6.07) is 14.2. The van der Waals surface area contributed by atoms with Crippen LogP contribution in [0.5, 0.6) is 0 Å². The molecule has 1 aliphatic heterocycles. The Morgan fingerprint density at radius 1 is 1.18 bits per heavy atom. The number of rotatable bonds is 4. The van der Waals surface area contributed by atoms with Crippen molar-refractivity contribution in [1.82, 2.24) is 4.90 Å². The second-order valence-electron chi connectivity index (χ2n) is 6.04. The fraction of sp³-hybridized carbons (Fsp3) is 0.316. The Morgan fingerprint density at radius 2 is 1.95 bits per heavy atom. The van der Waals surface area contributed by atoms with Crippen LogP contribution < -0.4 is 5.73 Å². The number of nitrogens with two attached hydrogens (primary N) is 1. The standard InChI is InChI=1S/C19H22N2O/c1-14-6-7-16(12-18(14)20)19(22)9-11-21-10-8-15-4-2-3-5-17(15)13-21/h2-7,12H,8-11,13,20H2,1H3. The van der Waals surface area contributed by atoms with Crippen molar-refractivity contribution in [3.05, 3.63) is 64.7 Å². The van der Waals surface area contributed by atoms with E-state index in [9.17, 15) is 4.79 Å². The van der Waals surface area contributed by atoms with Crippen LogP contribution in [0, 0.1) is 6.92 Å². The molecular weight excluding hydrogens is 272 g/mol. The maximum Gasteiger partial charge on any atom is 0.164 e. The zero-order chi connectivity index (χ0) is 15.5. The number of hydrogen-bond acceptors (Lipinski definition) is 3. The third kappa shape index (κ3) is 3.20. The van der Waals surface area contributed by atoms with Crippen molar-refractivity contribution in [2.24, 2.45) is 0 Å². The van der Waals surface area contributed by atoms with Crippen LogP contribution in [0.1, 0.15) is 33.5 Å². The monoisotopic (exact) mass is 294 g/mol. The summed E-state index contributed by atoms with van der Waals surface area (Å²) >= 11 is 0. The number of anilines is 1. The molecule has 0 radical (unpaired) electrons. The molecule has 2 N–H and O–H groups in total. The number of aryl methyl sites for hydroxylation is 1. The van der Waals surface area contributed by atoms with Gasteiger partial charge in [0.2, 0.25) is 0 Å². The molecular formula is C19H22N2O. The number of nitrogen functional groups attached to an aromatic ring is 1. The van der Waals surface area contributed by atoms with Crippen molar-refractivity contribution in [3.63, 3.8) is 0 Å². The molecule has 2 aromatic carbocycles. The molecule has 3 nitrogen and oxygen atoms in total. The molecule has 0 bridgehead atoms. The zero-order valence-corrected chi connectivity index (χ0v) is 13.0. The summed E-state index contributed by atoms with van der Waals surface area (Å²) in [5, 5.41) is 0. The lowest BCUT2D eigenvalue weighted by Gasteiger charge is -2.28. The van der Waals surface area contributed by atoms with Gasteiger partial charge in [-0.25, -0.2) is 0 Å². The van der Waals surface area contributed by atoms with Gasteiger partial charge in [-0.15, -0.1) is 0 Å². The lowest BCUT2D eigenvalue weighted by Crippen LogP contribution is -2.32. The van der Waals surface area contributed by atoms with E-state index in [0.717, 1.165) is 37.2 Å². The van der Waals surface area contributed by atoms with Crippen LogP contribution in [-0.4, -0.2) is 23.8 Å².